The van der Waals surface area contributed by atoms with Crippen LogP contribution in [-0.4, -0.2) is 59.4 Å². The number of anilines is 1. The fraction of sp³-hybridized carbons (Fsp3) is 0.591. The van der Waals surface area contributed by atoms with Crippen molar-refractivity contribution in [2.45, 2.75) is 57.9 Å². The first-order chi connectivity index (χ1) is 14.3. The summed E-state index contributed by atoms with van der Waals surface area (Å²) in [6.07, 6.45) is 6.38. The van der Waals surface area contributed by atoms with E-state index in [1.54, 1.807) is 17.2 Å². The number of likely N-dealkylation sites (tertiary alicyclic amines) is 1. The minimum atomic E-state index is -0.637. The lowest BCUT2D eigenvalue weighted by Gasteiger charge is -2.29. The summed E-state index contributed by atoms with van der Waals surface area (Å²) in [5.41, 5.74) is -0.0506. The molecule has 1 saturated heterocycles. The molecule has 1 N–H and O–H groups in total. The van der Waals surface area contributed by atoms with E-state index in [4.69, 9.17) is 14.2 Å². The number of fused-ring (bicyclic) bond motifs is 2. The summed E-state index contributed by atoms with van der Waals surface area (Å²) in [6.45, 7) is 7.22. The van der Waals surface area contributed by atoms with E-state index in [1.807, 2.05) is 39.0 Å². The minimum Gasteiger partial charge on any atom is -0.444 e. The highest BCUT2D eigenvalue weighted by Crippen LogP contribution is 2.60. The molecule has 30 heavy (non-hydrogen) atoms. The summed E-state index contributed by atoms with van der Waals surface area (Å²) >= 11 is 0. The number of nitrogens with one attached hydrogen (secondary N) is 1. The van der Waals surface area contributed by atoms with Crippen molar-refractivity contribution in [3.8, 4) is 0 Å². The number of carbonyl (C=O) groups excluding carboxylic acids is 2. The molecule has 1 aromatic heterocycles. The summed E-state index contributed by atoms with van der Waals surface area (Å²) in [4.78, 5) is 32.1. The van der Waals surface area contributed by atoms with Gasteiger partial charge in [-0.1, -0.05) is 18.2 Å². The molecule has 1 spiro atoms. The Bertz CT molecular complexity index is 849. The largest absolute Gasteiger partial charge is 0.444 e. The highest BCUT2D eigenvalue weighted by molar-refractivity contribution is 5.97. The Hall–Kier alpha value is -2.45. The average molecular weight is 415 g/mol. The average Bonchev–Trinajstić information content (AvgIpc) is 3.26. The highest BCUT2D eigenvalue weighted by Gasteiger charge is 2.68. The molecule has 3 heterocycles. The first-order valence-corrected chi connectivity index (χ1v) is 10.4. The number of hydrogen-bond acceptors (Lipinski definition) is 6. The fourth-order valence-electron chi connectivity index (χ4n) is 4.21. The number of pyridine rings is 1. The van der Waals surface area contributed by atoms with E-state index in [9.17, 15) is 9.59 Å². The van der Waals surface area contributed by atoms with Crippen LogP contribution in [0.25, 0.3) is 0 Å². The smallest absolute Gasteiger partial charge is 0.411 e. The van der Waals surface area contributed by atoms with Crippen LogP contribution in [-0.2, 0) is 25.6 Å². The third-order valence-electron chi connectivity index (χ3n) is 5.70. The van der Waals surface area contributed by atoms with Gasteiger partial charge in [0, 0.05) is 23.2 Å². The SMILES string of the molecule is CC(C)(C)OC(=O)N1[C@H]2C[C@@]3(COCC=CCOCc4cccnc4NC2=O)C[C@@H]13. The van der Waals surface area contributed by atoms with Crippen LogP contribution in [0.5, 0.6) is 0 Å². The van der Waals surface area contributed by atoms with Gasteiger partial charge in [0.05, 0.1) is 26.4 Å². The molecular formula is C22H29N3O5. The van der Waals surface area contributed by atoms with Crippen LogP contribution in [0.15, 0.2) is 30.5 Å². The second-order valence-corrected chi connectivity index (χ2v) is 9.19. The molecule has 0 radical (unpaired) electrons. The monoisotopic (exact) mass is 415 g/mol. The van der Waals surface area contributed by atoms with Crippen molar-refractivity contribution >= 4 is 17.8 Å². The first kappa shape index (κ1) is 20.8. The van der Waals surface area contributed by atoms with Crippen molar-refractivity contribution < 1.29 is 23.8 Å². The molecule has 2 amide bonds. The molecule has 2 bridgehead atoms. The zero-order valence-electron chi connectivity index (χ0n) is 17.7. The molecule has 2 fully saturated rings. The number of ether oxygens (including phenoxy) is 3. The third kappa shape index (κ3) is 4.34. The molecule has 0 unspecified atom stereocenters. The van der Waals surface area contributed by atoms with Gasteiger partial charge >= 0.3 is 6.09 Å². The maximum Gasteiger partial charge on any atom is 0.411 e. The molecular weight excluding hydrogens is 386 g/mol. The van der Waals surface area contributed by atoms with Crippen molar-refractivity contribution in [1.29, 1.82) is 0 Å². The van der Waals surface area contributed by atoms with Crippen molar-refractivity contribution in [3.63, 3.8) is 0 Å². The summed E-state index contributed by atoms with van der Waals surface area (Å²) in [5, 5.41) is 2.90. The van der Waals surface area contributed by atoms with Gasteiger partial charge in [-0.25, -0.2) is 9.78 Å². The summed E-state index contributed by atoms with van der Waals surface area (Å²) < 4.78 is 17.1. The highest BCUT2D eigenvalue weighted by atomic mass is 16.6. The zero-order chi connectivity index (χ0) is 21.4. The van der Waals surface area contributed by atoms with Crippen LogP contribution in [0.3, 0.4) is 0 Å². The van der Waals surface area contributed by atoms with Gasteiger partial charge in [0.1, 0.15) is 17.5 Å². The first-order valence-electron chi connectivity index (χ1n) is 10.4. The van der Waals surface area contributed by atoms with Crippen molar-refractivity contribution in [2.24, 2.45) is 5.41 Å². The van der Waals surface area contributed by atoms with E-state index in [0.717, 1.165) is 12.0 Å². The quantitative estimate of drug-likeness (QED) is 0.656. The van der Waals surface area contributed by atoms with E-state index in [0.29, 0.717) is 38.7 Å². The van der Waals surface area contributed by atoms with Gasteiger partial charge in [-0.3, -0.25) is 9.69 Å². The lowest BCUT2D eigenvalue weighted by Crippen LogP contribution is -2.47. The lowest BCUT2D eigenvalue weighted by atomic mass is 10.00. The number of carbonyl (C=O) groups is 2. The zero-order valence-corrected chi connectivity index (χ0v) is 17.7. The van der Waals surface area contributed by atoms with Crippen molar-refractivity contribution in [3.05, 3.63) is 36.0 Å². The number of nitrogens with zero attached hydrogens (tertiary/aromatic N) is 2. The Morgan fingerprint density at radius 3 is 2.80 bits per heavy atom. The van der Waals surface area contributed by atoms with E-state index in [-0.39, 0.29) is 17.4 Å². The van der Waals surface area contributed by atoms with E-state index >= 15 is 0 Å². The normalized spacial score (nSPS) is 29.2. The molecule has 1 saturated carbocycles. The van der Waals surface area contributed by atoms with Crippen molar-refractivity contribution in [2.75, 3.05) is 25.1 Å². The van der Waals surface area contributed by atoms with E-state index in [1.165, 1.54) is 0 Å². The minimum absolute atomic E-state index is 0.0495. The Morgan fingerprint density at radius 2 is 2.03 bits per heavy atom. The summed E-state index contributed by atoms with van der Waals surface area (Å²) in [7, 11) is 0. The molecule has 2 aliphatic heterocycles. The van der Waals surface area contributed by atoms with Gasteiger partial charge < -0.3 is 19.5 Å². The Kier molecular flexibility index (Phi) is 5.55. The Morgan fingerprint density at radius 1 is 1.27 bits per heavy atom. The molecule has 8 nitrogen and oxygen atoms in total. The molecule has 0 aromatic carbocycles. The van der Waals surface area contributed by atoms with Gasteiger partial charge in [-0.15, -0.1) is 0 Å². The summed E-state index contributed by atoms with van der Waals surface area (Å²) in [5.74, 6) is 0.191. The summed E-state index contributed by atoms with van der Waals surface area (Å²) in [6, 6.07) is 3.00. The van der Waals surface area contributed by atoms with Gasteiger partial charge in [-0.05, 0) is 39.7 Å². The van der Waals surface area contributed by atoms with E-state index in [2.05, 4.69) is 10.3 Å². The molecule has 162 valence electrons. The molecule has 3 atom stereocenters. The number of piperidine rings is 1. The number of aromatic nitrogens is 1. The standard InChI is InChI=1S/C22H29N3O5/c1-21(2,3)30-20(27)25-16-11-22(12-17(22)25)14-29-10-5-4-9-28-13-15-7-6-8-23-18(15)24-19(16)26/h4-8,16-17H,9-14H2,1-3H3,(H,23,24,26)/t16-,17+,22-/m0/s1. The number of amides is 2. The van der Waals surface area contributed by atoms with Crippen LogP contribution in [0.2, 0.25) is 0 Å². The van der Waals surface area contributed by atoms with Crippen LogP contribution in [0, 0.1) is 5.41 Å². The van der Waals surface area contributed by atoms with E-state index < -0.39 is 17.7 Å². The Balaban J connectivity index is 1.61. The predicted molar refractivity (Wildman–Crippen MR) is 110 cm³/mol. The van der Waals surface area contributed by atoms with Gasteiger partial charge in [0.2, 0.25) is 5.91 Å². The maximum atomic E-state index is 13.2. The van der Waals surface area contributed by atoms with Gasteiger partial charge in [0.15, 0.2) is 0 Å². The number of hydrogen-bond donors (Lipinski definition) is 1. The molecule has 1 aromatic rings. The van der Waals surface area contributed by atoms with Crippen LogP contribution >= 0.6 is 0 Å². The third-order valence-corrected chi connectivity index (χ3v) is 5.70. The molecule has 1 aliphatic carbocycles. The van der Waals surface area contributed by atoms with Crippen molar-refractivity contribution in [1.82, 2.24) is 9.88 Å². The second-order valence-electron chi connectivity index (χ2n) is 9.19. The predicted octanol–water partition coefficient (Wildman–Crippen LogP) is 2.89. The maximum absolute atomic E-state index is 13.2. The Labute approximate surface area is 176 Å². The topological polar surface area (TPSA) is 90.0 Å². The van der Waals surface area contributed by atoms with Crippen LogP contribution in [0.4, 0.5) is 10.6 Å². The van der Waals surface area contributed by atoms with Gasteiger partial charge in [-0.2, -0.15) is 0 Å². The molecule has 3 aliphatic rings. The van der Waals surface area contributed by atoms with Crippen LogP contribution < -0.4 is 5.32 Å². The fourth-order valence-corrected chi connectivity index (χ4v) is 4.21. The lowest BCUT2D eigenvalue weighted by molar-refractivity contribution is -0.121. The molecule has 8 heteroatoms. The second kappa shape index (κ2) is 8.00. The van der Waals surface area contributed by atoms with Crippen LogP contribution in [0.1, 0.15) is 39.2 Å². The molecule has 4 rings (SSSR count). The van der Waals surface area contributed by atoms with Gasteiger partial charge in [0.25, 0.3) is 0 Å². The number of rotatable bonds is 0.